The lowest BCUT2D eigenvalue weighted by atomic mass is 9.96. The summed E-state index contributed by atoms with van der Waals surface area (Å²) in [5.74, 6) is 0.160. The van der Waals surface area contributed by atoms with Crippen LogP contribution in [0.4, 0.5) is 24.7 Å². The fraction of sp³-hybridized carbons (Fsp3) is 0.333. The van der Waals surface area contributed by atoms with E-state index in [4.69, 9.17) is 9.47 Å². The standard InChI is InChI=1S/C24H25F3N4O4/c1-13(32)14-5-4-6-16(9-14)29-23(33)17-12-28-31-21(24(25,26)27)11-18(30-22(17)31)15-7-8-19(34-2)20(10-15)35-3/h4-10,12-13,18,21,30,32H,11H2,1-3H3,(H,29,33)/t13?,18-,21+/m1/s1. The van der Waals surface area contributed by atoms with Gasteiger partial charge >= 0.3 is 6.18 Å². The first kappa shape index (κ1) is 24.4. The Balaban J connectivity index is 1.68. The maximum Gasteiger partial charge on any atom is 0.410 e. The van der Waals surface area contributed by atoms with E-state index in [9.17, 15) is 23.1 Å². The molecule has 1 unspecified atom stereocenters. The summed E-state index contributed by atoms with van der Waals surface area (Å²) in [6, 6.07) is 8.76. The molecule has 0 fully saturated rings. The third-order valence-electron chi connectivity index (χ3n) is 5.92. The highest BCUT2D eigenvalue weighted by atomic mass is 19.4. The molecule has 3 N–H and O–H groups in total. The van der Waals surface area contributed by atoms with Gasteiger partial charge in [0.15, 0.2) is 17.5 Å². The Labute approximate surface area is 199 Å². The molecule has 0 radical (unpaired) electrons. The summed E-state index contributed by atoms with van der Waals surface area (Å²) in [4.78, 5) is 13.0. The second-order valence-electron chi connectivity index (χ2n) is 8.21. The minimum atomic E-state index is -4.59. The van der Waals surface area contributed by atoms with Crippen molar-refractivity contribution in [1.29, 1.82) is 0 Å². The molecule has 1 amide bonds. The maximum atomic E-state index is 14.0. The van der Waals surface area contributed by atoms with Crippen molar-refractivity contribution in [2.45, 2.75) is 37.7 Å². The molecule has 1 aliphatic rings. The zero-order valence-corrected chi connectivity index (χ0v) is 19.3. The van der Waals surface area contributed by atoms with Gasteiger partial charge in [-0.15, -0.1) is 0 Å². The molecule has 0 saturated carbocycles. The van der Waals surface area contributed by atoms with Crippen molar-refractivity contribution in [1.82, 2.24) is 9.78 Å². The van der Waals surface area contributed by atoms with Crippen LogP contribution < -0.4 is 20.1 Å². The Hall–Kier alpha value is -3.73. The third kappa shape index (κ3) is 4.90. The topological polar surface area (TPSA) is 97.6 Å². The van der Waals surface area contributed by atoms with Gasteiger partial charge in [0, 0.05) is 12.1 Å². The van der Waals surface area contributed by atoms with Gasteiger partial charge in [0.05, 0.1) is 32.6 Å². The number of benzene rings is 2. The van der Waals surface area contributed by atoms with E-state index in [1.165, 1.54) is 14.2 Å². The van der Waals surface area contributed by atoms with Crippen LogP contribution in [0.5, 0.6) is 11.5 Å². The van der Waals surface area contributed by atoms with Gasteiger partial charge in [-0.05, 0) is 42.3 Å². The Morgan fingerprint density at radius 3 is 2.60 bits per heavy atom. The van der Waals surface area contributed by atoms with Crippen LogP contribution in [0, 0.1) is 0 Å². The molecule has 3 aromatic rings. The van der Waals surface area contributed by atoms with E-state index in [0.29, 0.717) is 28.3 Å². The largest absolute Gasteiger partial charge is 0.493 e. The van der Waals surface area contributed by atoms with E-state index >= 15 is 0 Å². The van der Waals surface area contributed by atoms with E-state index in [1.807, 2.05) is 0 Å². The highest BCUT2D eigenvalue weighted by Crippen LogP contribution is 2.45. The van der Waals surface area contributed by atoms with Crippen LogP contribution in [0.1, 0.15) is 53.0 Å². The molecule has 0 saturated heterocycles. The first-order valence-electron chi connectivity index (χ1n) is 10.8. The molecule has 4 rings (SSSR count). The molecule has 8 nitrogen and oxygen atoms in total. The van der Waals surface area contributed by atoms with Crippen LogP contribution in [0.15, 0.2) is 48.7 Å². The minimum Gasteiger partial charge on any atom is -0.493 e. The number of halogens is 3. The molecule has 1 aliphatic heterocycles. The fourth-order valence-electron chi connectivity index (χ4n) is 4.09. The van der Waals surface area contributed by atoms with Crippen molar-refractivity contribution >= 4 is 17.4 Å². The average Bonchev–Trinajstić information content (AvgIpc) is 3.26. The number of hydrogen-bond donors (Lipinski definition) is 3. The van der Waals surface area contributed by atoms with Gasteiger partial charge in [0.2, 0.25) is 0 Å². The van der Waals surface area contributed by atoms with E-state index in [2.05, 4.69) is 15.7 Å². The number of nitrogens with one attached hydrogen (secondary N) is 2. The van der Waals surface area contributed by atoms with Crippen molar-refractivity contribution in [3.05, 3.63) is 65.4 Å². The average molecular weight is 490 g/mol. The van der Waals surface area contributed by atoms with Gasteiger partial charge in [-0.1, -0.05) is 18.2 Å². The normalized spacial score (nSPS) is 18.3. The number of hydrogen-bond acceptors (Lipinski definition) is 6. The number of amides is 1. The molecule has 0 aliphatic carbocycles. The van der Waals surface area contributed by atoms with Crippen LogP contribution in [-0.4, -0.2) is 41.2 Å². The molecule has 2 aromatic carbocycles. The van der Waals surface area contributed by atoms with Gasteiger partial charge in [0.25, 0.3) is 5.91 Å². The first-order chi connectivity index (χ1) is 16.6. The maximum absolute atomic E-state index is 14.0. The van der Waals surface area contributed by atoms with E-state index in [1.54, 1.807) is 49.4 Å². The quantitative estimate of drug-likeness (QED) is 0.456. The predicted molar refractivity (Wildman–Crippen MR) is 123 cm³/mol. The van der Waals surface area contributed by atoms with Crippen LogP contribution in [0.3, 0.4) is 0 Å². The van der Waals surface area contributed by atoms with Gasteiger partial charge in [-0.3, -0.25) is 4.79 Å². The number of aliphatic hydroxyl groups is 1. The third-order valence-corrected chi connectivity index (χ3v) is 5.92. The number of aliphatic hydroxyl groups excluding tert-OH is 1. The van der Waals surface area contributed by atoms with E-state index in [0.717, 1.165) is 10.9 Å². The first-order valence-corrected chi connectivity index (χ1v) is 10.8. The molecule has 0 spiro atoms. The number of aromatic nitrogens is 2. The Bertz CT molecular complexity index is 1230. The second-order valence-corrected chi connectivity index (χ2v) is 8.21. The lowest BCUT2D eigenvalue weighted by Gasteiger charge is -2.34. The number of nitrogens with zero attached hydrogens (tertiary/aromatic N) is 2. The monoisotopic (exact) mass is 490 g/mol. The number of rotatable bonds is 6. The molecule has 186 valence electrons. The molecule has 0 bridgehead atoms. The minimum absolute atomic E-state index is 0.0353. The molecule has 1 aromatic heterocycles. The molecule has 35 heavy (non-hydrogen) atoms. The SMILES string of the molecule is COc1ccc([C@H]2C[C@@H](C(F)(F)F)n3ncc(C(=O)Nc4cccc(C(C)O)c4)c3N2)cc1OC. The highest BCUT2D eigenvalue weighted by Gasteiger charge is 2.47. The van der Waals surface area contributed by atoms with Crippen molar-refractivity contribution in [3.63, 3.8) is 0 Å². The Morgan fingerprint density at radius 2 is 1.94 bits per heavy atom. The number of methoxy groups -OCH3 is 2. The number of ether oxygens (including phenoxy) is 2. The second kappa shape index (κ2) is 9.49. The summed E-state index contributed by atoms with van der Waals surface area (Å²) in [7, 11) is 2.91. The van der Waals surface area contributed by atoms with Crippen molar-refractivity contribution < 1.29 is 32.5 Å². The van der Waals surface area contributed by atoms with E-state index < -0.39 is 30.3 Å². The zero-order valence-electron chi connectivity index (χ0n) is 19.3. The molecule has 11 heteroatoms. The number of carbonyl (C=O) groups is 1. The van der Waals surface area contributed by atoms with Crippen LogP contribution in [0.25, 0.3) is 0 Å². The summed E-state index contributed by atoms with van der Waals surface area (Å²) in [5.41, 5.74) is 1.49. The van der Waals surface area contributed by atoms with Crippen LogP contribution >= 0.6 is 0 Å². The van der Waals surface area contributed by atoms with Crippen LogP contribution in [0.2, 0.25) is 0 Å². The van der Waals surface area contributed by atoms with Gasteiger partial charge in [0.1, 0.15) is 11.4 Å². The molecular weight excluding hydrogens is 465 g/mol. The summed E-state index contributed by atoms with van der Waals surface area (Å²) < 4.78 is 53.3. The highest BCUT2D eigenvalue weighted by molar-refractivity contribution is 6.07. The van der Waals surface area contributed by atoms with Gasteiger partial charge in [-0.25, -0.2) is 4.68 Å². The Morgan fingerprint density at radius 1 is 1.20 bits per heavy atom. The number of carbonyl (C=O) groups excluding carboxylic acids is 1. The zero-order chi connectivity index (χ0) is 25.3. The summed E-state index contributed by atoms with van der Waals surface area (Å²) in [5, 5.41) is 19.4. The Kier molecular flexibility index (Phi) is 6.62. The summed E-state index contributed by atoms with van der Waals surface area (Å²) in [6.45, 7) is 1.59. The molecule has 3 atom stereocenters. The van der Waals surface area contributed by atoms with E-state index in [-0.39, 0.29) is 17.8 Å². The number of anilines is 2. The lowest BCUT2D eigenvalue weighted by molar-refractivity contribution is -0.173. The van der Waals surface area contributed by atoms with Crippen LogP contribution in [-0.2, 0) is 0 Å². The lowest BCUT2D eigenvalue weighted by Crippen LogP contribution is -2.36. The van der Waals surface area contributed by atoms with Crippen molar-refractivity contribution in [2.75, 3.05) is 24.9 Å². The van der Waals surface area contributed by atoms with Gasteiger partial charge < -0.3 is 25.2 Å². The smallest absolute Gasteiger partial charge is 0.410 e. The molecule has 2 heterocycles. The van der Waals surface area contributed by atoms with Crippen molar-refractivity contribution in [3.8, 4) is 11.5 Å². The summed E-state index contributed by atoms with van der Waals surface area (Å²) in [6.07, 6.45) is -4.54. The molecular formula is C24H25F3N4O4. The fourth-order valence-corrected chi connectivity index (χ4v) is 4.09. The van der Waals surface area contributed by atoms with Crippen molar-refractivity contribution in [2.24, 2.45) is 0 Å². The number of alkyl halides is 3. The van der Waals surface area contributed by atoms with Gasteiger partial charge in [-0.2, -0.15) is 18.3 Å². The summed E-state index contributed by atoms with van der Waals surface area (Å²) >= 11 is 0. The number of fused-ring (bicyclic) bond motifs is 1. The predicted octanol–water partition coefficient (Wildman–Crippen LogP) is 4.87.